The molecule has 146 heavy (non-hydrogen) atoms. The van der Waals surface area contributed by atoms with Gasteiger partial charge in [-0.05, 0) is 255 Å². The van der Waals surface area contributed by atoms with Crippen LogP contribution < -0.4 is 19.6 Å². The Labute approximate surface area is 845 Å². The van der Waals surface area contributed by atoms with E-state index in [9.17, 15) is 0 Å². The Morgan fingerprint density at radius 3 is 0.671 bits per heavy atom. The molecule has 0 fully saturated rings. The van der Waals surface area contributed by atoms with E-state index in [0.29, 0.717) is 0 Å². The largest absolute Gasteiger partial charge is 0.454 e. The average molecular weight is 1880 g/mol. The maximum Gasteiger partial charge on any atom is 0.159 e. The molecule has 0 radical (unpaired) electrons. The van der Waals surface area contributed by atoms with Gasteiger partial charge in [0, 0.05) is 87.4 Å². The van der Waals surface area contributed by atoms with E-state index >= 15 is 0 Å². The van der Waals surface area contributed by atoms with Gasteiger partial charge < -0.3 is 37.3 Å². The monoisotopic (exact) mass is 1870 g/mol. The van der Waals surface area contributed by atoms with Crippen LogP contribution in [0, 0.1) is 0 Å². The molecule has 0 N–H and O–H groups in total. The number of fused-ring (bicyclic) bond motifs is 12. The van der Waals surface area contributed by atoms with Crippen LogP contribution in [0.1, 0.15) is 75.6 Å². The second kappa shape index (κ2) is 34.3. The number of anilines is 12. The number of rotatable bonds is 21. The number of furan rings is 4. The van der Waals surface area contributed by atoms with Gasteiger partial charge >= 0.3 is 0 Å². The third-order valence-corrected chi connectivity index (χ3v) is 30.8. The molecular weight excluding hydrogens is 1780 g/mol. The van der Waals surface area contributed by atoms with E-state index in [-0.39, 0.29) is 11.8 Å². The van der Waals surface area contributed by atoms with Gasteiger partial charge in [-0.3, -0.25) is 0 Å². The molecule has 0 spiro atoms. The van der Waals surface area contributed by atoms with Gasteiger partial charge in [-0.15, -0.1) is 0 Å². The molecule has 24 aromatic carbocycles. The number of aryl methyl sites for hydroxylation is 2. The van der Waals surface area contributed by atoms with Crippen LogP contribution in [0.25, 0.3) is 208 Å². The van der Waals surface area contributed by atoms with Crippen LogP contribution in [0.15, 0.2) is 467 Å². The molecule has 8 heteroatoms. The lowest BCUT2D eigenvalue weighted by molar-refractivity contribution is 0.657. The smallest absolute Gasteiger partial charge is 0.159 e. The molecule has 0 saturated heterocycles. The predicted molar refractivity (Wildman–Crippen MR) is 616 cm³/mol. The highest BCUT2D eigenvalue weighted by Gasteiger charge is 2.32. The van der Waals surface area contributed by atoms with E-state index in [1.165, 1.54) is 43.8 Å². The summed E-state index contributed by atoms with van der Waals surface area (Å²) in [6, 6.07) is 166. The van der Waals surface area contributed by atoms with E-state index < -0.39 is 0 Å². The van der Waals surface area contributed by atoms with Gasteiger partial charge in [-0.2, -0.15) is 0 Å². The molecule has 0 aliphatic rings. The second-order valence-electron chi connectivity index (χ2n) is 39.7. The Bertz CT molecular complexity index is 10100. The minimum atomic E-state index is 0.232. The normalized spacial score (nSPS) is 12.1. The van der Waals surface area contributed by atoms with Crippen molar-refractivity contribution in [3.63, 3.8) is 0 Å². The zero-order valence-corrected chi connectivity index (χ0v) is 81.7. The molecule has 0 aliphatic heterocycles. The zero-order valence-electron chi connectivity index (χ0n) is 81.7. The Hall–Kier alpha value is -18.2. The minimum Gasteiger partial charge on any atom is -0.454 e. The van der Waals surface area contributed by atoms with Gasteiger partial charge in [0.15, 0.2) is 22.3 Å². The molecule has 0 unspecified atom stereocenters. The van der Waals surface area contributed by atoms with Crippen molar-refractivity contribution in [2.75, 3.05) is 19.6 Å². The summed E-state index contributed by atoms with van der Waals surface area (Å²) in [4.78, 5) is 9.79. The summed E-state index contributed by atoms with van der Waals surface area (Å²) in [7, 11) is 0. The van der Waals surface area contributed by atoms with Crippen molar-refractivity contribution >= 4 is 221 Å². The third-order valence-electron chi connectivity index (χ3n) is 30.8. The van der Waals surface area contributed by atoms with Crippen molar-refractivity contribution in [3.05, 3.63) is 471 Å². The molecule has 0 atom stereocenters. The Morgan fingerprint density at radius 2 is 0.390 bits per heavy atom. The molecule has 28 rings (SSSR count). The van der Waals surface area contributed by atoms with E-state index in [1.807, 2.05) is 0 Å². The van der Waals surface area contributed by atoms with Crippen LogP contribution in [0.3, 0.4) is 0 Å². The van der Waals surface area contributed by atoms with E-state index in [0.717, 1.165) is 268 Å². The number of para-hydroxylation sites is 8. The summed E-state index contributed by atoms with van der Waals surface area (Å²) in [5.74, 6) is 0.494. The summed E-state index contributed by atoms with van der Waals surface area (Å²) < 4.78 is 29.2. The lowest BCUT2D eigenvalue weighted by Gasteiger charge is -2.29. The summed E-state index contributed by atoms with van der Waals surface area (Å²) in [6.45, 7) is 13.4. The Morgan fingerprint density at radius 1 is 0.171 bits per heavy atom. The zero-order chi connectivity index (χ0) is 97.2. The van der Waals surface area contributed by atoms with E-state index in [4.69, 9.17) is 17.7 Å². The van der Waals surface area contributed by atoms with Crippen molar-refractivity contribution in [2.45, 2.75) is 66.2 Å². The number of benzene rings is 24. The van der Waals surface area contributed by atoms with Crippen LogP contribution in [-0.4, -0.2) is 0 Å². The fourth-order valence-corrected chi connectivity index (χ4v) is 23.8. The van der Waals surface area contributed by atoms with Crippen LogP contribution in [0.2, 0.25) is 0 Å². The lowest BCUT2D eigenvalue weighted by atomic mass is 9.91. The van der Waals surface area contributed by atoms with Crippen molar-refractivity contribution < 1.29 is 17.7 Å². The van der Waals surface area contributed by atoms with Crippen molar-refractivity contribution in [1.82, 2.24) is 0 Å². The van der Waals surface area contributed by atoms with Crippen LogP contribution in [0.4, 0.5) is 68.2 Å². The summed E-state index contributed by atoms with van der Waals surface area (Å²) in [6.07, 6.45) is 1.69. The first-order valence-electron chi connectivity index (χ1n) is 51.1. The molecule has 28 aromatic rings. The molecule has 4 heterocycles. The summed E-state index contributed by atoms with van der Waals surface area (Å²) >= 11 is 0. The van der Waals surface area contributed by atoms with Gasteiger partial charge in [-0.1, -0.05) is 381 Å². The van der Waals surface area contributed by atoms with Crippen LogP contribution in [0.5, 0.6) is 0 Å². The van der Waals surface area contributed by atoms with Gasteiger partial charge in [0.25, 0.3) is 0 Å². The molecule has 8 nitrogen and oxygen atoms in total. The molecule has 0 amide bonds. The highest BCUT2D eigenvalue weighted by Crippen LogP contribution is 2.57. The average Bonchev–Trinajstić information content (AvgIpc) is 0.779. The van der Waals surface area contributed by atoms with Crippen LogP contribution in [-0.2, 0) is 12.8 Å². The first kappa shape index (κ1) is 85.7. The molecule has 0 aliphatic carbocycles. The second-order valence-corrected chi connectivity index (χ2v) is 39.7. The summed E-state index contributed by atoms with van der Waals surface area (Å²) in [5, 5.41) is 22.5. The summed E-state index contributed by atoms with van der Waals surface area (Å²) in [5.41, 5.74) is 34.8. The Kier molecular flexibility index (Phi) is 20.1. The fraction of sp³-hybridized carbons (Fsp3) is 0.0725. The standard InChI is InChI=1S/C138H98N4O4/c1-7-85-33-21-49-107-111-53-25-57-123(135(111)143-131(85)107)139(101-43-17-39-97(79-101)87-29-11-9-12-30-87)119-73-65-89-63-71-117-121(75-67-91-61-69-115(119)127(89)129(91)117)141(124-58-26-54-112-108-50-22-34-86(8-2)132(108)144-136(112)124)103-45-19-41-99(81-103)95-37-15-35-93(77-95)94-36-16-38-96(78-94)100-42-20-46-104(82-100)142(126-60-28-56-114-110-52-24-48-106(84(5)6)134(110)146-138(114)126)122-76-68-92-62-70-116-120(74-66-90-64-72-118(122)130(92)128(90)116)140(102-44-18-40-98(80-102)88-31-13-10-14-32-88)125-59-27-55-113-109-51-23-47-105(83(3)4)133(109)145-137(113)125/h9-84H,7-8H2,1-6H3. The number of hydrogen-bond donors (Lipinski definition) is 0. The van der Waals surface area contributed by atoms with E-state index in [2.05, 4.69) is 510 Å². The van der Waals surface area contributed by atoms with Gasteiger partial charge in [0.2, 0.25) is 0 Å². The maximum absolute atomic E-state index is 7.40. The first-order chi connectivity index (χ1) is 72.0. The van der Waals surface area contributed by atoms with Crippen molar-refractivity contribution in [1.29, 1.82) is 0 Å². The lowest BCUT2D eigenvalue weighted by Crippen LogP contribution is -2.12. The maximum atomic E-state index is 7.40. The van der Waals surface area contributed by atoms with Gasteiger partial charge in [0.1, 0.15) is 22.3 Å². The van der Waals surface area contributed by atoms with Crippen LogP contribution >= 0.6 is 0 Å². The Balaban J connectivity index is 0.574. The third kappa shape index (κ3) is 13.7. The first-order valence-corrected chi connectivity index (χ1v) is 51.1. The highest BCUT2D eigenvalue weighted by molar-refractivity contribution is 6.31. The predicted octanol–water partition coefficient (Wildman–Crippen LogP) is 40.7. The van der Waals surface area contributed by atoms with Crippen molar-refractivity contribution in [3.8, 4) is 55.6 Å². The molecular formula is C138H98N4O4. The number of hydrogen-bond acceptors (Lipinski definition) is 8. The SMILES string of the molecule is CCc1cccc2c1oc1c(N(c3cccc(-c4ccccc4)c3)c3ccc4ccc5c(N(c6cccc(-c7cccc(-c8cccc(-c9cccc(N(c%10ccc%11ccc%12c(N(c%13cccc(-c%14ccccc%14)c%13)c%13cccc%14c%13oc%13c(C(C)C)cccc%13%14)ccc%13ccc%10c%11c%13%12)c%10cccc%11c%10oc%10c(C(C)C)cccc%10%11)c9)c8)c7)c6)c6cccc7c6oc6c(CC)cccc67)ccc6ccc3c4c65)cccc12. The molecule has 0 saturated carbocycles. The van der Waals surface area contributed by atoms with Gasteiger partial charge in [0.05, 0.1) is 45.5 Å². The topological polar surface area (TPSA) is 65.5 Å². The number of nitrogens with zero attached hydrogens (tertiary/aromatic N) is 4. The highest BCUT2D eigenvalue weighted by atomic mass is 16.3. The van der Waals surface area contributed by atoms with Crippen molar-refractivity contribution in [2.24, 2.45) is 0 Å². The molecule has 694 valence electrons. The molecule has 4 aromatic heterocycles. The minimum absolute atomic E-state index is 0.232. The fourth-order valence-electron chi connectivity index (χ4n) is 23.8. The van der Waals surface area contributed by atoms with E-state index in [1.54, 1.807) is 0 Å². The molecule has 0 bridgehead atoms. The van der Waals surface area contributed by atoms with Gasteiger partial charge in [-0.25, -0.2) is 0 Å². The quantitative estimate of drug-likeness (QED) is 0.0660.